The second kappa shape index (κ2) is 7.33. The molecule has 6 heteroatoms. The summed E-state index contributed by atoms with van der Waals surface area (Å²) in [4.78, 5) is 13.7. The minimum atomic E-state index is -0.662. The Morgan fingerprint density at radius 3 is 2.96 bits per heavy atom. The molecule has 0 spiro atoms. The zero-order chi connectivity index (χ0) is 16.9. The summed E-state index contributed by atoms with van der Waals surface area (Å²) in [5.74, 6) is 0.376. The average molecular weight is 328 g/mol. The van der Waals surface area contributed by atoms with Gasteiger partial charge in [0.05, 0.1) is 18.7 Å². The number of aliphatic hydroxyl groups is 1. The molecular formula is C18H20N2O4. The van der Waals surface area contributed by atoms with Crippen molar-refractivity contribution in [2.75, 3.05) is 20.2 Å². The Kier molecular flexibility index (Phi) is 4.98. The van der Waals surface area contributed by atoms with Crippen LogP contribution in [-0.2, 0) is 6.42 Å². The van der Waals surface area contributed by atoms with Crippen LogP contribution in [-0.4, -0.2) is 30.3 Å². The van der Waals surface area contributed by atoms with Crippen molar-refractivity contribution >= 4 is 11.1 Å². The van der Waals surface area contributed by atoms with Crippen LogP contribution in [0.5, 0.6) is 5.75 Å². The SMILES string of the molecule is COc1ccccc1CCNCC(O)c1ccc2oc(=O)[nH]c2c1. The lowest BCUT2D eigenvalue weighted by Gasteiger charge is -2.13. The molecule has 0 saturated carbocycles. The molecule has 1 aromatic heterocycles. The van der Waals surface area contributed by atoms with Crippen molar-refractivity contribution in [2.45, 2.75) is 12.5 Å². The summed E-state index contributed by atoms with van der Waals surface area (Å²) >= 11 is 0. The number of benzene rings is 2. The Morgan fingerprint density at radius 2 is 2.12 bits per heavy atom. The first-order chi connectivity index (χ1) is 11.7. The lowest BCUT2D eigenvalue weighted by molar-refractivity contribution is 0.175. The number of aromatic nitrogens is 1. The van der Waals surface area contributed by atoms with Crippen LogP contribution < -0.4 is 15.8 Å². The zero-order valence-electron chi connectivity index (χ0n) is 13.4. The number of oxazole rings is 1. The lowest BCUT2D eigenvalue weighted by atomic mass is 10.1. The third-order valence-corrected chi connectivity index (χ3v) is 3.93. The van der Waals surface area contributed by atoms with E-state index >= 15 is 0 Å². The molecule has 126 valence electrons. The van der Waals surface area contributed by atoms with E-state index in [1.807, 2.05) is 24.3 Å². The third-order valence-electron chi connectivity index (χ3n) is 3.93. The van der Waals surface area contributed by atoms with Gasteiger partial charge in [-0.3, -0.25) is 4.98 Å². The van der Waals surface area contributed by atoms with E-state index in [0.717, 1.165) is 29.8 Å². The number of H-pyrrole nitrogens is 1. The molecule has 0 aliphatic carbocycles. The molecule has 1 heterocycles. The molecule has 1 atom stereocenters. The van der Waals surface area contributed by atoms with E-state index in [0.29, 0.717) is 17.6 Å². The molecule has 0 aliphatic heterocycles. The van der Waals surface area contributed by atoms with Crippen LogP contribution in [0.2, 0.25) is 0 Å². The van der Waals surface area contributed by atoms with Gasteiger partial charge >= 0.3 is 5.76 Å². The van der Waals surface area contributed by atoms with Gasteiger partial charge in [-0.15, -0.1) is 0 Å². The van der Waals surface area contributed by atoms with Crippen molar-refractivity contribution in [3.63, 3.8) is 0 Å². The lowest BCUT2D eigenvalue weighted by Crippen LogP contribution is -2.23. The smallest absolute Gasteiger partial charge is 0.417 e. The zero-order valence-corrected chi connectivity index (χ0v) is 13.4. The predicted octanol–water partition coefficient (Wildman–Crippen LogP) is 2.00. The van der Waals surface area contributed by atoms with Gasteiger partial charge < -0.3 is 19.6 Å². The molecule has 0 bridgehead atoms. The van der Waals surface area contributed by atoms with E-state index in [9.17, 15) is 9.90 Å². The molecule has 0 fully saturated rings. The molecular weight excluding hydrogens is 308 g/mol. The van der Waals surface area contributed by atoms with Gasteiger partial charge in [-0.1, -0.05) is 24.3 Å². The van der Waals surface area contributed by atoms with Crippen molar-refractivity contribution in [1.82, 2.24) is 10.3 Å². The van der Waals surface area contributed by atoms with Gasteiger partial charge in [-0.25, -0.2) is 4.79 Å². The Balaban J connectivity index is 1.54. The number of aliphatic hydroxyl groups excluding tert-OH is 1. The number of hydrogen-bond acceptors (Lipinski definition) is 5. The summed E-state index contributed by atoms with van der Waals surface area (Å²) in [6, 6.07) is 13.0. The van der Waals surface area contributed by atoms with Gasteiger partial charge in [0.15, 0.2) is 5.58 Å². The fraction of sp³-hybridized carbons (Fsp3) is 0.278. The predicted molar refractivity (Wildman–Crippen MR) is 91.4 cm³/mol. The van der Waals surface area contributed by atoms with Gasteiger partial charge in [0, 0.05) is 6.54 Å². The Hall–Kier alpha value is -2.57. The molecule has 3 N–H and O–H groups in total. The van der Waals surface area contributed by atoms with Crippen molar-refractivity contribution in [1.29, 1.82) is 0 Å². The van der Waals surface area contributed by atoms with Gasteiger partial charge in [0.2, 0.25) is 0 Å². The number of fused-ring (bicyclic) bond motifs is 1. The van der Waals surface area contributed by atoms with Crippen molar-refractivity contribution in [3.05, 3.63) is 64.1 Å². The second-order valence-corrected chi connectivity index (χ2v) is 5.55. The molecule has 24 heavy (non-hydrogen) atoms. The maximum Gasteiger partial charge on any atom is 0.417 e. The van der Waals surface area contributed by atoms with Crippen LogP contribution in [0.25, 0.3) is 11.1 Å². The molecule has 0 radical (unpaired) electrons. The summed E-state index contributed by atoms with van der Waals surface area (Å²) in [5.41, 5.74) is 2.93. The van der Waals surface area contributed by atoms with Crippen molar-refractivity contribution < 1.29 is 14.3 Å². The average Bonchev–Trinajstić information content (AvgIpc) is 2.97. The molecule has 0 amide bonds. The van der Waals surface area contributed by atoms with Gasteiger partial charge in [-0.2, -0.15) is 0 Å². The van der Waals surface area contributed by atoms with Crippen LogP contribution in [0, 0.1) is 0 Å². The van der Waals surface area contributed by atoms with E-state index in [-0.39, 0.29) is 0 Å². The molecule has 1 unspecified atom stereocenters. The Morgan fingerprint density at radius 1 is 1.29 bits per heavy atom. The number of rotatable bonds is 7. The van der Waals surface area contributed by atoms with Crippen molar-refractivity contribution in [3.8, 4) is 5.75 Å². The standard InChI is InChI=1S/C18H20N2O4/c1-23-16-5-3-2-4-12(16)8-9-19-11-15(21)13-6-7-17-14(10-13)20-18(22)24-17/h2-7,10,15,19,21H,8-9,11H2,1H3,(H,20,22). The van der Waals surface area contributed by atoms with Gasteiger partial charge in [0.25, 0.3) is 0 Å². The maximum atomic E-state index is 11.2. The van der Waals surface area contributed by atoms with E-state index in [1.54, 1.807) is 25.3 Å². The summed E-state index contributed by atoms with van der Waals surface area (Å²) in [7, 11) is 1.66. The molecule has 3 rings (SSSR count). The second-order valence-electron chi connectivity index (χ2n) is 5.55. The molecule has 2 aromatic carbocycles. The van der Waals surface area contributed by atoms with Crippen LogP contribution >= 0.6 is 0 Å². The summed E-state index contributed by atoms with van der Waals surface area (Å²) in [6.45, 7) is 1.14. The van der Waals surface area contributed by atoms with E-state index in [1.165, 1.54) is 0 Å². The van der Waals surface area contributed by atoms with Crippen LogP contribution in [0.1, 0.15) is 17.2 Å². The molecule has 0 aliphatic rings. The van der Waals surface area contributed by atoms with Gasteiger partial charge in [0.1, 0.15) is 5.75 Å². The van der Waals surface area contributed by atoms with E-state index in [4.69, 9.17) is 9.15 Å². The quantitative estimate of drug-likeness (QED) is 0.577. The van der Waals surface area contributed by atoms with Crippen LogP contribution in [0.3, 0.4) is 0 Å². The molecule has 6 nitrogen and oxygen atoms in total. The highest BCUT2D eigenvalue weighted by Gasteiger charge is 2.10. The number of nitrogens with one attached hydrogen (secondary N) is 2. The highest BCUT2D eigenvalue weighted by molar-refractivity contribution is 5.72. The topological polar surface area (TPSA) is 87.5 Å². The number of hydrogen-bond donors (Lipinski definition) is 3. The monoisotopic (exact) mass is 328 g/mol. The number of aromatic amines is 1. The number of ether oxygens (including phenoxy) is 1. The van der Waals surface area contributed by atoms with Crippen LogP contribution in [0.4, 0.5) is 0 Å². The maximum absolute atomic E-state index is 11.2. The van der Waals surface area contributed by atoms with E-state index in [2.05, 4.69) is 10.3 Å². The first-order valence-corrected chi connectivity index (χ1v) is 7.81. The van der Waals surface area contributed by atoms with Crippen LogP contribution in [0.15, 0.2) is 51.7 Å². The van der Waals surface area contributed by atoms with Gasteiger partial charge in [-0.05, 0) is 42.3 Å². The normalized spacial score (nSPS) is 12.4. The number of methoxy groups -OCH3 is 1. The fourth-order valence-electron chi connectivity index (χ4n) is 2.67. The molecule has 0 saturated heterocycles. The molecule has 3 aromatic rings. The summed E-state index contributed by atoms with van der Waals surface area (Å²) in [6.07, 6.45) is 0.149. The Labute approximate surface area is 139 Å². The fourth-order valence-corrected chi connectivity index (χ4v) is 2.67. The highest BCUT2D eigenvalue weighted by atomic mass is 16.5. The minimum Gasteiger partial charge on any atom is -0.496 e. The van der Waals surface area contributed by atoms with Crippen molar-refractivity contribution in [2.24, 2.45) is 0 Å². The summed E-state index contributed by atoms with van der Waals surface area (Å²) < 4.78 is 10.3. The minimum absolute atomic E-state index is 0.419. The third kappa shape index (κ3) is 3.67. The first kappa shape index (κ1) is 16.3. The highest BCUT2D eigenvalue weighted by Crippen LogP contribution is 2.19. The Bertz CT molecular complexity index is 869. The van der Waals surface area contributed by atoms with E-state index < -0.39 is 11.9 Å². The first-order valence-electron chi connectivity index (χ1n) is 7.81. The largest absolute Gasteiger partial charge is 0.496 e. The summed E-state index contributed by atoms with van der Waals surface area (Å²) in [5, 5.41) is 13.5. The number of para-hydroxylation sites is 1.